The molecule has 0 radical (unpaired) electrons. The van der Waals surface area contributed by atoms with Crippen LogP contribution in [-0.2, 0) is 5.41 Å². The van der Waals surface area contributed by atoms with Crippen molar-refractivity contribution in [2.24, 2.45) is 0 Å². The molecule has 0 unspecified atom stereocenters. The molecule has 0 fully saturated rings. The zero-order valence-electron chi connectivity index (χ0n) is 25.9. The lowest BCUT2D eigenvalue weighted by Gasteiger charge is -2.21. The van der Waals surface area contributed by atoms with Crippen LogP contribution < -0.4 is 0 Å². The summed E-state index contributed by atoms with van der Waals surface area (Å²) in [7, 11) is 0. The van der Waals surface area contributed by atoms with Gasteiger partial charge in [0.25, 0.3) is 0 Å². The molecule has 0 atom stereocenters. The molecule has 0 amide bonds. The van der Waals surface area contributed by atoms with E-state index in [1.54, 1.807) is 0 Å². The molecule has 46 heavy (non-hydrogen) atoms. The Bertz CT molecular complexity index is 2430. The second-order valence-corrected chi connectivity index (χ2v) is 12.8. The first-order chi connectivity index (χ1) is 22.6. The fraction of sp³-hybridized carbons (Fsp3) is 0.0682. The average Bonchev–Trinajstić information content (AvgIpc) is 3.62. The van der Waals surface area contributed by atoms with E-state index in [0.29, 0.717) is 0 Å². The third-order valence-corrected chi connectivity index (χ3v) is 9.81. The molecule has 1 aliphatic rings. The number of rotatable bonds is 4. The lowest BCUT2D eigenvalue weighted by Crippen LogP contribution is -2.14. The van der Waals surface area contributed by atoms with Gasteiger partial charge in [0.2, 0.25) is 0 Å². The summed E-state index contributed by atoms with van der Waals surface area (Å²) in [6.45, 7) is 4.67. The highest BCUT2D eigenvalue weighted by molar-refractivity contribution is 6.07. The summed E-state index contributed by atoms with van der Waals surface area (Å²) in [5, 5.41) is 2.39. The molecular formula is C44H32N2. The Morgan fingerprint density at radius 2 is 1.15 bits per heavy atom. The average molecular weight is 589 g/mol. The molecule has 0 spiro atoms. The van der Waals surface area contributed by atoms with Crippen LogP contribution in [0.3, 0.4) is 0 Å². The highest BCUT2D eigenvalue weighted by atomic mass is 15.1. The Hall–Kier alpha value is -5.73. The van der Waals surface area contributed by atoms with Crippen molar-refractivity contribution in [2.75, 3.05) is 0 Å². The molecule has 0 saturated carbocycles. The molecule has 0 aliphatic heterocycles. The van der Waals surface area contributed by atoms with Crippen LogP contribution in [-0.4, -0.2) is 9.55 Å². The van der Waals surface area contributed by atoms with E-state index in [9.17, 15) is 0 Å². The maximum absolute atomic E-state index is 5.43. The Balaban J connectivity index is 1.39. The van der Waals surface area contributed by atoms with Gasteiger partial charge >= 0.3 is 0 Å². The Kier molecular flexibility index (Phi) is 5.88. The lowest BCUT2D eigenvalue weighted by molar-refractivity contribution is 0.660. The lowest BCUT2D eigenvalue weighted by atomic mass is 9.82. The first-order valence-corrected chi connectivity index (χ1v) is 16.0. The van der Waals surface area contributed by atoms with Crippen LogP contribution in [0.15, 0.2) is 158 Å². The van der Waals surface area contributed by atoms with E-state index in [1.165, 1.54) is 55.3 Å². The van der Waals surface area contributed by atoms with Crippen LogP contribution in [0.1, 0.15) is 25.0 Å². The second-order valence-electron chi connectivity index (χ2n) is 12.8. The second kappa shape index (κ2) is 10.2. The van der Waals surface area contributed by atoms with Crippen LogP contribution in [0.2, 0.25) is 0 Å². The molecule has 7 aromatic carbocycles. The molecule has 1 aliphatic carbocycles. The fourth-order valence-corrected chi connectivity index (χ4v) is 7.51. The SMILES string of the molecule is CC1(C)c2ccccc2-c2cc(-c3nc4ccc5ccccc5c4n3-c3cc(-c4ccccc4)ccc3-c3ccccc3)ccc21. The molecule has 0 saturated heterocycles. The van der Waals surface area contributed by atoms with Gasteiger partial charge in [-0.1, -0.05) is 153 Å². The number of nitrogens with zero attached hydrogens (tertiary/aromatic N) is 2. The minimum Gasteiger partial charge on any atom is -0.291 e. The van der Waals surface area contributed by atoms with E-state index in [-0.39, 0.29) is 5.41 Å². The van der Waals surface area contributed by atoms with Crippen molar-refractivity contribution in [3.63, 3.8) is 0 Å². The fourth-order valence-electron chi connectivity index (χ4n) is 7.51. The van der Waals surface area contributed by atoms with Crippen molar-refractivity contribution in [1.29, 1.82) is 0 Å². The van der Waals surface area contributed by atoms with Crippen LogP contribution in [0, 0.1) is 0 Å². The van der Waals surface area contributed by atoms with Gasteiger partial charge in [0.05, 0.1) is 16.7 Å². The topological polar surface area (TPSA) is 17.8 Å². The predicted octanol–water partition coefficient (Wildman–Crippen LogP) is 11.5. The molecule has 8 aromatic rings. The summed E-state index contributed by atoms with van der Waals surface area (Å²) >= 11 is 0. The number of aromatic nitrogens is 2. The van der Waals surface area contributed by atoms with Gasteiger partial charge in [0, 0.05) is 21.9 Å². The highest BCUT2D eigenvalue weighted by Gasteiger charge is 2.35. The van der Waals surface area contributed by atoms with Gasteiger partial charge in [-0.2, -0.15) is 0 Å². The van der Waals surface area contributed by atoms with Gasteiger partial charge in [-0.3, -0.25) is 4.57 Å². The molecule has 9 rings (SSSR count). The van der Waals surface area contributed by atoms with Gasteiger partial charge in [-0.15, -0.1) is 0 Å². The normalized spacial score (nSPS) is 13.2. The molecule has 1 aromatic heterocycles. The molecule has 0 bridgehead atoms. The third kappa shape index (κ3) is 4.00. The van der Waals surface area contributed by atoms with Crippen LogP contribution >= 0.6 is 0 Å². The van der Waals surface area contributed by atoms with E-state index in [1.807, 2.05) is 0 Å². The molecule has 2 nitrogen and oxygen atoms in total. The van der Waals surface area contributed by atoms with Gasteiger partial charge in [0.1, 0.15) is 5.82 Å². The maximum atomic E-state index is 5.43. The smallest absolute Gasteiger partial charge is 0.145 e. The number of hydrogen-bond donors (Lipinski definition) is 0. The predicted molar refractivity (Wildman–Crippen MR) is 192 cm³/mol. The summed E-state index contributed by atoms with van der Waals surface area (Å²) in [6.07, 6.45) is 0. The minimum absolute atomic E-state index is 0.0503. The van der Waals surface area contributed by atoms with Gasteiger partial charge in [-0.05, 0) is 62.5 Å². The summed E-state index contributed by atoms with van der Waals surface area (Å²) in [5.74, 6) is 0.943. The standard InChI is InChI=1S/C44H32N2/c1-44(2)38-20-12-11-19-36(38)37-27-33(22-25-39(37)44)43-45-40-26-23-31-17-9-10-18-35(31)42(40)46(43)41-28-32(29-13-5-3-6-14-29)21-24-34(41)30-15-7-4-8-16-30/h3-28H,1-2H3. The van der Waals surface area contributed by atoms with E-state index in [4.69, 9.17) is 4.98 Å². The number of benzene rings is 7. The van der Waals surface area contributed by atoms with Crippen LogP contribution in [0.25, 0.3) is 72.3 Å². The van der Waals surface area contributed by atoms with Gasteiger partial charge in [0.15, 0.2) is 0 Å². The largest absolute Gasteiger partial charge is 0.291 e. The van der Waals surface area contributed by atoms with Crippen molar-refractivity contribution >= 4 is 21.8 Å². The maximum Gasteiger partial charge on any atom is 0.145 e. The van der Waals surface area contributed by atoms with Crippen molar-refractivity contribution in [1.82, 2.24) is 9.55 Å². The zero-order valence-corrected chi connectivity index (χ0v) is 25.9. The van der Waals surface area contributed by atoms with E-state index in [0.717, 1.165) is 28.1 Å². The monoisotopic (exact) mass is 588 g/mol. The van der Waals surface area contributed by atoms with E-state index >= 15 is 0 Å². The first-order valence-electron chi connectivity index (χ1n) is 16.0. The van der Waals surface area contributed by atoms with E-state index in [2.05, 4.69) is 176 Å². The third-order valence-electron chi connectivity index (χ3n) is 9.81. The highest BCUT2D eigenvalue weighted by Crippen LogP contribution is 2.50. The Morgan fingerprint density at radius 3 is 1.98 bits per heavy atom. The molecule has 0 N–H and O–H groups in total. The van der Waals surface area contributed by atoms with Gasteiger partial charge in [-0.25, -0.2) is 4.98 Å². The summed E-state index contributed by atoms with van der Waals surface area (Å²) in [4.78, 5) is 5.43. The van der Waals surface area contributed by atoms with Crippen LogP contribution in [0.4, 0.5) is 0 Å². The first kappa shape index (κ1) is 26.7. The van der Waals surface area contributed by atoms with Gasteiger partial charge < -0.3 is 0 Å². The number of hydrogen-bond acceptors (Lipinski definition) is 1. The Labute approximate surface area is 269 Å². The molecule has 1 heterocycles. The van der Waals surface area contributed by atoms with E-state index < -0.39 is 0 Å². The summed E-state index contributed by atoms with van der Waals surface area (Å²) in [5.41, 5.74) is 14.3. The summed E-state index contributed by atoms with van der Waals surface area (Å²) < 4.78 is 2.42. The van der Waals surface area contributed by atoms with Crippen molar-refractivity contribution in [3.05, 3.63) is 169 Å². The number of fused-ring (bicyclic) bond motifs is 6. The quantitative estimate of drug-likeness (QED) is 0.200. The van der Waals surface area contributed by atoms with Crippen molar-refractivity contribution < 1.29 is 0 Å². The summed E-state index contributed by atoms with van der Waals surface area (Å²) in [6, 6.07) is 57.1. The van der Waals surface area contributed by atoms with Crippen molar-refractivity contribution in [3.8, 4) is 50.5 Å². The zero-order chi connectivity index (χ0) is 30.8. The van der Waals surface area contributed by atoms with Crippen LogP contribution in [0.5, 0.6) is 0 Å². The minimum atomic E-state index is -0.0503. The molecule has 218 valence electrons. The molecular weight excluding hydrogens is 556 g/mol. The number of imidazole rings is 1. The van der Waals surface area contributed by atoms with Crippen molar-refractivity contribution in [2.45, 2.75) is 19.3 Å². The molecule has 2 heteroatoms. The Morgan fingerprint density at radius 1 is 0.478 bits per heavy atom.